The van der Waals surface area contributed by atoms with E-state index in [0.29, 0.717) is 16.1 Å². The molecule has 4 rings (SSSR count). The van der Waals surface area contributed by atoms with E-state index in [-0.39, 0.29) is 15.5 Å². The van der Waals surface area contributed by atoms with Gasteiger partial charge in [0.25, 0.3) is 20.0 Å². The average Bonchev–Trinajstić information content (AvgIpc) is 2.94. The highest BCUT2D eigenvalue weighted by atomic mass is 35.5. The smallest absolute Gasteiger partial charge is 0.325 e. The molecule has 0 saturated carbocycles. The van der Waals surface area contributed by atoms with Crippen molar-refractivity contribution in [2.45, 2.75) is 29.8 Å². The summed E-state index contributed by atoms with van der Waals surface area (Å²) in [6, 6.07) is 19.8. The molecule has 4 aromatic carbocycles. The van der Waals surface area contributed by atoms with Crippen LogP contribution < -0.4 is 14.3 Å². The van der Waals surface area contributed by atoms with E-state index in [4.69, 9.17) is 11.6 Å². The van der Waals surface area contributed by atoms with Gasteiger partial charge in [0.1, 0.15) is 6.54 Å². The molecule has 1 amide bonds. The van der Waals surface area contributed by atoms with E-state index in [1.807, 2.05) is 0 Å². The molecule has 0 aliphatic rings. The van der Waals surface area contributed by atoms with Gasteiger partial charge >= 0.3 is 6.18 Å². The Morgan fingerprint density at radius 2 is 1.42 bits per heavy atom. The van der Waals surface area contributed by atoms with E-state index < -0.39 is 54.9 Å². The van der Waals surface area contributed by atoms with Crippen molar-refractivity contribution in [3.63, 3.8) is 0 Å². The molecule has 0 aromatic heterocycles. The third kappa shape index (κ3) is 7.29. The van der Waals surface area contributed by atoms with Crippen LogP contribution in [0, 0.1) is 13.8 Å². The molecule has 43 heavy (non-hydrogen) atoms. The van der Waals surface area contributed by atoms with Crippen molar-refractivity contribution < 1.29 is 34.8 Å². The Morgan fingerprint density at radius 3 is 2.00 bits per heavy atom. The summed E-state index contributed by atoms with van der Waals surface area (Å²) < 4.78 is 96.6. The molecule has 0 fully saturated rings. The predicted molar refractivity (Wildman–Crippen MR) is 159 cm³/mol. The number of anilines is 3. The van der Waals surface area contributed by atoms with Gasteiger partial charge in [0.15, 0.2) is 0 Å². The summed E-state index contributed by atoms with van der Waals surface area (Å²) in [6.45, 7) is 2.63. The highest BCUT2D eigenvalue weighted by Crippen LogP contribution is 2.38. The van der Waals surface area contributed by atoms with E-state index >= 15 is 0 Å². The van der Waals surface area contributed by atoms with Crippen LogP contribution in [0.4, 0.5) is 30.2 Å². The summed E-state index contributed by atoms with van der Waals surface area (Å²) >= 11 is 5.72. The van der Waals surface area contributed by atoms with E-state index in [9.17, 15) is 34.8 Å². The highest BCUT2D eigenvalue weighted by molar-refractivity contribution is 7.93. The summed E-state index contributed by atoms with van der Waals surface area (Å²) in [4.78, 5) is 12.7. The molecule has 0 unspecified atom stereocenters. The van der Waals surface area contributed by atoms with Crippen LogP contribution in [0.1, 0.15) is 16.7 Å². The Bertz CT molecular complexity index is 1850. The minimum atomic E-state index is -4.88. The van der Waals surface area contributed by atoms with Crippen molar-refractivity contribution in [2.24, 2.45) is 0 Å². The lowest BCUT2D eigenvalue weighted by atomic mass is 10.1. The van der Waals surface area contributed by atoms with Crippen molar-refractivity contribution in [1.29, 1.82) is 0 Å². The van der Waals surface area contributed by atoms with Crippen LogP contribution in [-0.4, -0.2) is 29.3 Å². The van der Waals surface area contributed by atoms with Crippen LogP contribution in [0.2, 0.25) is 5.02 Å². The normalized spacial score (nSPS) is 12.0. The van der Waals surface area contributed by atoms with Crippen LogP contribution >= 0.6 is 11.6 Å². The molecule has 0 aliphatic carbocycles. The molecule has 4 aromatic rings. The molecule has 8 nitrogen and oxygen atoms in total. The fourth-order valence-electron chi connectivity index (χ4n) is 4.14. The summed E-state index contributed by atoms with van der Waals surface area (Å²) in [5.74, 6) is -0.896. The second kappa shape index (κ2) is 12.3. The Hall–Kier alpha value is -4.07. The van der Waals surface area contributed by atoms with Gasteiger partial charge in [-0.15, -0.1) is 0 Å². The van der Waals surface area contributed by atoms with Gasteiger partial charge in [-0.2, -0.15) is 13.2 Å². The third-order valence-corrected chi connectivity index (χ3v) is 9.81. The van der Waals surface area contributed by atoms with Gasteiger partial charge in [-0.3, -0.25) is 13.8 Å². The molecule has 0 aliphatic heterocycles. The zero-order valence-corrected chi connectivity index (χ0v) is 25.1. The number of nitrogens with zero attached hydrogens (tertiary/aromatic N) is 1. The van der Waals surface area contributed by atoms with E-state index in [2.05, 4.69) is 10.0 Å². The van der Waals surface area contributed by atoms with Crippen molar-refractivity contribution >= 4 is 54.6 Å². The SMILES string of the molecule is Cc1cccc(C)c1NS(=O)(=O)c1ccc(NC(=O)CN(c2ccc(Cl)c(C(F)(F)F)c2)S(=O)(=O)c2ccccc2)cc1. The summed E-state index contributed by atoms with van der Waals surface area (Å²) in [5.41, 5.74) is 0.313. The van der Waals surface area contributed by atoms with Gasteiger partial charge in [0, 0.05) is 5.69 Å². The fraction of sp³-hybridized carbons (Fsp3) is 0.138. The fourth-order valence-corrected chi connectivity index (χ4v) is 7.00. The number of alkyl halides is 3. The van der Waals surface area contributed by atoms with Crippen molar-refractivity contribution in [1.82, 2.24) is 0 Å². The maximum atomic E-state index is 13.6. The van der Waals surface area contributed by atoms with Crippen LogP contribution in [-0.2, 0) is 31.0 Å². The number of rotatable bonds is 9. The van der Waals surface area contributed by atoms with Crippen LogP contribution in [0.25, 0.3) is 0 Å². The van der Waals surface area contributed by atoms with E-state index in [0.717, 1.165) is 23.3 Å². The first-order chi connectivity index (χ1) is 20.1. The standard InChI is InChI=1S/C29H25ClF3N3O5S2/c1-19-7-6-8-20(2)28(19)35-42(38,39)23-14-11-21(12-15-23)34-27(37)18-36(43(40,41)24-9-4-3-5-10-24)22-13-16-26(30)25(17-22)29(31,32)33/h3-17,35H,18H2,1-2H3,(H,34,37). The van der Waals surface area contributed by atoms with Gasteiger partial charge in [-0.1, -0.05) is 48.0 Å². The number of sulfonamides is 2. The topological polar surface area (TPSA) is 113 Å². The van der Waals surface area contributed by atoms with Crippen molar-refractivity contribution in [3.05, 3.63) is 113 Å². The second-order valence-corrected chi connectivity index (χ2v) is 13.4. The summed E-state index contributed by atoms with van der Waals surface area (Å²) in [6.07, 6.45) is -4.88. The minimum Gasteiger partial charge on any atom is -0.325 e. The number of carbonyl (C=O) groups is 1. The van der Waals surface area contributed by atoms with Gasteiger partial charge in [-0.05, 0) is 79.6 Å². The molecular formula is C29H25ClF3N3O5S2. The predicted octanol–water partition coefficient (Wildman–Crippen LogP) is 6.61. The Labute approximate surface area is 252 Å². The molecule has 226 valence electrons. The number of hydrogen-bond donors (Lipinski definition) is 2. The Morgan fingerprint density at radius 1 is 0.814 bits per heavy atom. The van der Waals surface area contributed by atoms with Crippen LogP contribution in [0.3, 0.4) is 0 Å². The lowest BCUT2D eigenvalue weighted by Crippen LogP contribution is -2.38. The average molecular weight is 652 g/mol. The van der Waals surface area contributed by atoms with Gasteiger partial charge < -0.3 is 5.32 Å². The lowest BCUT2D eigenvalue weighted by molar-refractivity contribution is -0.137. The first-order valence-corrected chi connectivity index (χ1v) is 15.8. The third-order valence-electron chi connectivity index (χ3n) is 6.33. The van der Waals surface area contributed by atoms with E-state index in [1.54, 1.807) is 38.1 Å². The molecule has 0 heterocycles. The maximum absolute atomic E-state index is 13.6. The monoisotopic (exact) mass is 651 g/mol. The maximum Gasteiger partial charge on any atom is 0.417 e. The number of nitrogens with one attached hydrogen (secondary N) is 2. The first-order valence-electron chi connectivity index (χ1n) is 12.5. The van der Waals surface area contributed by atoms with Crippen LogP contribution in [0.5, 0.6) is 0 Å². The summed E-state index contributed by atoms with van der Waals surface area (Å²) in [5, 5.41) is 1.82. The molecule has 0 bridgehead atoms. The second-order valence-electron chi connectivity index (χ2n) is 9.43. The van der Waals surface area contributed by atoms with Crippen LogP contribution in [0.15, 0.2) is 101 Å². The molecule has 0 atom stereocenters. The number of halogens is 4. The lowest BCUT2D eigenvalue weighted by Gasteiger charge is -2.25. The Balaban J connectivity index is 1.60. The quantitative estimate of drug-likeness (QED) is 0.212. The van der Waals surface area contributed by atoms with Gasteiger partial charge in [0.05, 0.1) is 31.8 Å². The summed E-state index contributed by atoms with van der Waals surface area (Å²) in [7, 11) is -8.49. The number of amides is 1. The van der Waals surface area contributed by atoms with Gasteiger partial charge in [0.2, 0.25) is 5.91 Å². The molecule has 0 radical (unpaired) electrons. The van der Waals surface area contributed by atoms with Gasteiger partial charge in [-0.25, -0.2) is 16.8 Å². The Kier molecular flexibility index (Phi) is 9.09. The van der Waals surface area contributed by atoms with E-state index in [1.165, 1.54) is 48.5 Å². The number of hydrogen-bond acceptors (Lipinski definition) is 5. The molecule has 2 N–H and O–H groups in total. The number of benzene rings is 4. The molecule has 0 spiro atoms. The van der Waals surface area contributed by atoms with Crippen molar-refractivity contribution in [2.75, 3.05) is 20.9 Å². The minimum absolute atomic E-state index is 0.0951. The largest absolute Gasteiger partial charge is 0.417 e. The molecular weight excluding hydrogens is 627 g/mol. The molecule has 14 heteroatoms. The molecule has 0 saturated heterocycles. The highest BCUT2D eigenvalue weighted by Gasteiger charge is 2.35. The number of para-hydroxylation sites is 1. The first kappa shape index (κ1) is 31.9. The number of carbonyl (C=O) groups excluding carboxylic acids is 1. The van der Waals surface area contributed by atoms with Crippen molar-refractivity contribution in [3.8, 4) is 0 Å². The zero-order chi connectivity index (χ0) is 31.6. The zero-order valence-electron chi connectivity index (χ0n) is 22.7. The number of aryl methyl sites for hydroxylation is 2.